The number of fused-ring (bicyclic) bond motifs is 15. The fraction of sp³-hybridized carbons (Fsp3) is 0. The summed E-state index contributed by atoms with van der Waals surface area (Å²) in [5.74, 6) is 0.891. The Morgan fingerprint density at radius 2 is 0.623 bits per heavy atom. The van der Waals surface area contributed by atoms with Crippen LogP contribution in [0.1, 0.15) is 0 Å². The van der Waals surface area contributed by atoms with E-state index in [1.54, 1.807) is 0 Å². The summed E-state index contributed by atoms with van der Waals surface area (Å²) in [6.07, 6.45) is 0. The van der Waals surface area contributed by atoms with Gasteiger partial charge < -0.3 is 9.13 Å². The summed E-state index contributed by atoms with van der Waals surface area (Å²) in [5.41, 5.74) is 13.7. The lowest BCUT2D eigenvalue weighted by Crippen LogP contribution is -1.98. The van der Waals surface area contributed by atoms with Crippen molar-refractivity contribution in [3.05, 3.63) is 243 Å². The number of hydrogen-bond donors (Lipinski definition) is 0. The maximum absolute atomic E-state index is 5.41. The van der Waals surface area contributed by atoms with Crippen molar-refractivity contribution in [2.45, 2.75) is 0 Å². The maximum Gasteiger partial charge on any atom is 0.138 e. The van der Waals surface area contributed by atoms with Gasteiger partial charge in [0.25, 0.3) is 0 Å². The molecule has 4 heteroatoms. The summed E-state index contributed by atoms with van der Waals surface area (Å²) in [7, 11) is 0. The first kappa shape index (κ1) is 37.9. The fourth-order valence-electron chi connectivity index (χ4n) is 11.6. The van der Waals surface area contributed by atoms with Crippen LogP contribution in [0.15, 0.2) is 243 Å². The van der Waals surface area contributed by atoms with Gasteiger partial charge in [0.2, 0.25) is 0 Å². The number of rotatable bonds is 5. The second-order valence-corrected chi connectivity index (χ2v) is 18.3. The van der Waals surface area contributed by atoms with Gasteiger partial charge >= 0.3 is 0 Å². The molecule has 4 aromatic heterocycles. The van der Waals surface area contributed by atoms with Crippen LogP contribution in [0.4, 0.5) is 0 Å². The van der Waals surface area contributed by atoms with Crippen LogP contribution in [0.2, 0.25) is 0 Å². The average Bonchev–Trinajstić information content (AvgIpc) is 4.06. The second kappa shape index (κ2) is 14.6. The van der Waals surface area contributed by atoms with Crippen molar-refractivity contribution >= 4 is 97.7 Å². The first-order valence-electron chi connectivity index (χ1n) is 23.7. The molecule has 0 aliphatic heterocycles. The van der Waals surface area contributed by atoms with Gasteiger partial charge in [-0.2, -0.15) is 0 Å². The van der Waals surface area contributed by atoms with Gasteiger partial charge in [-0.3, -0.25) is 4.57 Å². The quantitative estimate of drug-likeness (QED) is 0.158. The molecule has 15 aromatic rings. The summed E-state index contributed by atoms with van der Waals surface area (Å²) in [5, 5.41) is 15.0. The lowest BCUT2D eigenvalue weighted by atomic mass is 9.94. The Morgan fingerprint density at radius 3 is 1.19 bits per heavy atom. The smallest absolute Gasteiger partial charge is 0.138 e. The Labute approximate surface area is 396 Å². The van der Waals surface area contributed by atoms with Crippen LogP contribution in [0.5, 0.6) is 0 Å². The molecule has 0 fully saturated rings. The highest BCUT2D eigenvalue weighted by molar-refractivity contribution is 6.26. The Bertz CT molecular complexity index is 4570. The Kier molecular flexibility index (Phi) is 8.04. The largest absolute Gasteiger partial charge is 0.309 e. The second-order valence-electron chi connectivity index (χ2n) is 18.3. The van der Waals surface area contributed by atoms with Crippen LogP contribution in [0.3, 0.4) is 0 Å². The standard InChI is InChI=1S/C65H40N4/c1-2-15-44(16-3-1)67-59-25-11-8-22-52(59)57-39-43(31-36-62(57)67)58-24-14-28-65(66-58)69-61-27-13-10-23-53(61)56-38-42(30-35-64(56)69)41-29-34-63-55(37-41)51-21-9-12-26-60(51)68(63)45-32-33-50-48-19-5-4-17-46(48)47-18-6-7-20-49(47)54(50)40-45/h1-40H. The number of para-hydroxylation sites is 4. The Morgan fingerprint density at radius 1 is 0.217 bits per heavy atom. The molecule has 15 rings (SSSR count). The molecule has 0 aliphatic rings. The van der Waals surface area contributed by atoms with Crippen molar-refractivity contribution < 1.29 is 0 Å². The van der Waals surface area contributed by atoms with Gasteiger partial charge in [-0.25, -0.2) is 4.98 Å². The molecule has 0 radical (unpaired) electrons. The third-order valence-electron chi connectivity index (χ3n) is 14.6. The van der Waals surface area contributed by atoms with Crippen LogP contribution in [-0.4, -0.2) is 18.7 Å². The van der Waals surface area contributed by atoms with E-state index in [4.69, 9.17) is 4.98 Å². The monoisotopic (exact) mass is 876 g/mol. The zero-order chi connectivity index (χ0) is 45.2. The van der Waals surface area contributed by atoms with E-state index in [1.165, 1.54) is 97.8 Å². The normalized spacial score (nSPS) is 12.1. The lowest BCUT2D eigenvalue weighted by molar-refractivity contribution is 1.08. The van der Waals surface area contributed by atoms with E-state index < -0.39 is 0 Å². The Hall–Kier alpha value is -9.25. The van der Waals surface area contributed by atoms with Crippen LogP contribution >= 0.6 is 0 Å². The lowest BCUT2D eigenvalue weighted by Gasteiger charge is -2.14. The summed E-state index contributed by atoms with van der Waals surface area (Å²) >= 11 is 0. The SMILES string of the molecule is c1ccc(-n2c3ccccc3c3cc(-c4cccc(-n5c6ccccc6c6cc(-c7ccc8c(c7)c7ccccc7n8-c7ccc8c9ccccc9c9ccccc9c8c7)ccc65)n4)ccc32)cc1. The number of hydrogen-bond acceptors (Lipinski definition) is 1. The van der Waals surface area contributed by atoms with Crippen molar-refractivity contribution in [2.24, 2.45) is 0 Å². The van der Waals surface area contributed by atoms with Crippen molar-refractivity contribution in [3.63, 3.8) is 0 Å². The molecule has 0 N–H and O–H groups in total. The summed E-state index contributed by atoms with van der Waals surface area (Å²) in [6.45, 7) is 0. The van der Waals surface area contributed by atoms with Gasteiger partial charge in [0, 0.05) is 49.3 Å². The minimum Gasteiger partial charge on any atom is -0.309 e. The maximum atomic E-state index is 5.41. The Balaban J connectivity index is 0.847. The fourth-order valence-corrected chi connectivity index (χ4v) is 11.6. The summed E-state index contributed by atoms with van der Waals surface area (Å²) in [6, 6.07) is 88.6. The van der Waals surface area contributed by atoms with Gasteiger partial charge in [-0.05, 0) is 134 Å². The van der Waals surface area contributed by atoms with Crippen LogP contribution < -0.4 is 0 Å². The van der Waals surface area contributed by atoms with E-state index >= 15 is 0 Å². The molecule has 0 saturated heterocycles. The van der Waals surface area contributed by atoms with E-state index in [2.05, 4.69) is 256 Å². The third kappa shape index (κ3) is 5.60. The number of nitrogens with zero attached hydrogens (tertiary/aromatic N) is 4. The molecule has 0 atom stereocenters. The van der Waals surface area contributed by atoms with Crippen molar-refractivity contribution in [1.82, 2.24) is 18.7 Å². The first-order chi connectivity index (χ1) is 34.2. The molecule has 4 nitrogen and oxygen atoms in total. The zero-order valence-electron chi connectivity index (χ0n) is 37.4. The molecule has 0 saturated carbocycles. The van der Waals surface area contributed by atoms with E-state index in [0.29, 0.717) is 0 Å². The zero-order valence-corrected chi connectivity index (χ0v) is 37.4. The topological polar surface area (TPSA) is 27.7 Å². The van der Waals surface area contributed by atoms with Crippen molar-refractivity contribution in [1.29, 1.82) is 0 Å². The molecule has 69 heavy (non-hydrogen) atoms. The first-order valence-corrected chi connectivity index (χ1v) is 23.7. The minimum atomic E-state index is 0.891. The molecule has 0 spiro atoms. The van der Waals surface area contributed by atoms with Crippen molar-refractivity contribution in [3.8, 4) is 39.6 Å². The predicted molar refractivity (Wildman–Crippen MR) is 291 cm³/mol. The number of aromatic nitrogens is 4. The van der Waals surface area contributed by atoms with Gasteiger partial charge in [0.1, 0.15) is 5.82 Å². The van der Waals surface area contributed by atoms with E-state index in [9.17, 15) is 0 Å². The molecule has 0 aliphatic carbocycles. The highest BCUT2D eigenvalue weighted by atomic mass is 15.1. The molecule has 0 unspecified atom stereocenters. The van der Waals surface area contributed by atoms with Crippen molar-refractivity contribution in [2.75, 3.05) is 0 Å². The molecule has 0 amide bonds. The van der Waals surface area contributed by atoms with Crippen LogP contribution in [-0.2, 0) is 0 Å². The van der Waals surface area contributed by atoms with Gasteiger partial charge in [-0.1, -0.05) is 152 Å². The molecule has 0 bridgehead atoms. The third-order valence-corrected chi connectivity index (χ3v) is 14.6. The van der Waals surface area contributed by atoms with E-state index in [1.807, 2.05) is 0 Å². The number of benzene rings is 11. The highest BCUT2D eigenvalue weighted by Gasteiger charge is 2.19. The van der Waals surface area contributed by atoms with E-state index in [0.717, 1.165) is 39.5 Å². The molecule has 320 valence electrons. The van der Waals surface area contributed by atoms with Crippen LogP contribution in [0.25, 0.3) is 137 Å². The average molecular weight is 877 g/mol. The molecule has 11 aromatic carbocycles. The van der Waals surface area contributed by atoms with Gasteiger partial charge in [-0.15, -0.1) is 0 Å². The predicted octanol–water partition coefficient (Wildman–Crippen LogP) is 17.2. The van der Waals surface area contributed by atoms with Gasteiger partial charge in [0.15, 0.2) is 0 Å². The molecular formula is C65H40N4. The molecule has 4 heterocycles. The number of pyridine rings is 1. The van der Waals surface area contributed by atoms with Gasteiger partial charge in [0.05, 0.1) is 38.8 Å². The summed E-state index contributed by atoms with van der Waals surface area (Å²) < 4.78 is 7.12. The minimum absolute atomic E-state index is 0.891. The molecular weight excluding hydrogens is 837 g/mol. The van der Waals surface area contributed by atoms with Crippen LogP contribution in [0, 0.1) is 0 Å². The van der Waals surface area contributed by atoms with E-state index in [-0.39, 0.29) is 0 Å². The highest BCUT2D eigenvalue weighted by Crippen LogP contribution is 2.41. The summed E-state index contributed by atoms with van der Waals surface area (Å²) in [4.78, 5) is 5.41.